The van der Waals surface area contributed by atoms with Crippen LogP contribution in [0, 0.1) is 0 Å². The molecule has 9 heavy (non-hydrogen) atoms. The molecular formula is C6H12N2O. The molecule has 3 atom stereocenters. The van der Waals surface area contributed by atoms with Crippen LogP contribution < -0.4 is 5.73 Å². The summed E-state index contributed by atoms with van der Waals surface area (Å²) in [6.45, 7) is 2.76. The SMILES string of the molecule is NC12CCN(CC1O)C2. The van der Waals surface area contributed by atoms with Crippen LogP contribution in [0.25, 0.3) is 0 Å². The monoisotopic (exact) mass is 128 g/mol. The van der Waals surface area contributed by atoms with Crippen LogP contribution in [0.15, 0.2) is 0 Å². The smallest absolute Gasteiger partial charge is 0.0859 e. The van der Waals surface area contributed by atoms with Crippen LogP contribution >= 0.6 is 0 Å². The van der Waals surface area contributed by atoms with Gasteiger partial charge in [0.05, 0.1) is 11.6 Å². The van der Waals surface area contributed by atoms with Crippen molar-refractivity contribution in [2.45, 2.75) is 18.1 Å². The highest BCUT2D eigenvalue weighted by Crippen LogP contribution is 2.29. The minimum absolute atomic E-state index is 0.250. The van der Waals surface area contributed by atoms with Crippen LogP contribution in [0.5, 0.6) is 0 Å². The predicted molar refractivity (Wildman–Crippen MR) is 34.0 cm³/mol. The highest BCUT2D eigenvalue weighted by atomic mass is 16.3. The fraction of sp³-hybridized carbons (Fsp3) is 1.00. The maximum Gasteiger partial charge on any atom is 0.0859 e. The average Bonchev–Trinajstić information content (AvgIpc) is 2.22. The van der Waals surface area contributed by atoms with Crippen molar-refractivity contribution in [2.24, 2.45) is 5.73 Å². The second-order valence-electron chi connectivity index (χ2n) is 3.23. The van der Waals surface area contributed by atoms with Gasteiger partial charge < -0.3 is 10.8 Å². The number of aliphatic hydroxyl groups excluding tert-OH is 1. The molecular weight excluding hydrogens is 116 g/mol. The lowest BCUT2D eigenvalue weighted by Crippen LogP contribution is -2.49. The molecule has 0 aromatic carbocycles. The number of hydrogen-bond acceptors (Lipinski definition) is 3. The molecule has 2 bridgehead atoms. The van der Waals surface area contributed by atoms with Gasteiger partial charge in [0.1, 0.15) is 0 Å². The number of hydrogen-bond donors (Lipinski definition) is 2. The van der Waals surface area contributed by atoms with Crippen LogP contribution in [0.3, 0.4) is 0 Å². The number of fused-ring (bicyclic) bond motifs is 2. The molecule has 0 spiro atoms. The van der Waals surface area contributed by atoms with Crippen LogP contribution in [0.4, 0.5) is 0 Å². The van der Waals surface area contributed by atoms with Gasteiger partial charge in [0, 0.05) is 19.6 Å². The van der Waals surface area contributed by atoms with Gasteiger partial charge in [0.2, 0.25) is 0 Å². The van der Waals surface area contributed by atoms with Crippen molar-refractivity contribution in [1.82, 2.24) is 4.90 Å². The third-order valence-corrected chi connectivity index (χ3v) is 2.51. The summed E-state index contributed by atoms with van der Waals surface area (Å²) in [5.41, 5.74) is 5.60. The highest BCUT2D eigenvalue weighted by molar-refractivity contribution is 5.07. The Morgan fingerprint density at radius 3 is 2.67 bits per heavy atom. The number of aliphatic hydroxyl groups is 1. The van der Waals surface area contributed by atoms with Crippen LogP contribution in [-0.2, 0) is 0 Å². The van der Waals surface area contributed by atoms with E-state index in [1.807, 2.05) is 0 Å². The fourth-order valence-corrected chi connectivity index (χ4v) is 1.79. The molecule has 3 nitrogen and oxygen atoms in total. The molecule has 2 heterocycles. The van der Waals surface area contributed by atoms with E-state index in [0.29, 0.717) is 0 Å². The molecule has 0 aromatic rings. The maximum absolute atomic E-state index is 9.31. The third kappa shape index (κ3) is 0.625. The summed E-state index contributed by atoms with van der Waals surface area (Å²) < 4.78 is 0. The van der Waals surface area contributed by atoms with Crippen molar-refractivity contribution < 1.29 is 5.11 Å². The largest absolute Gasteiger partial charge is 0.390 e. The first-order valence-corrected chi connectivity index (χ1v) is 3.40. The van der Waals surface area contributed by atoms with Gasteiger partial charge in [-0.1, -0.05) is 0 Å². The van der Waals surface area contributed by atoms with E-state index in [9.17, 15) is 5.11 Å². The first-order valence-electron chi connectivity index (χ1n) is 3.40. The van der Waals surface area contributed by atoms with E-state index in [1.165, 1.54) is 0 Å². The van der Waals surface area contributed by atoms with Crippen molar-refractivity contribution in [1.29, 1.82) is 0 Å². The van der Waals surface area contributed by atoms with Crippen molar-refractivity contribution in [3.63, 3.8) is 0 Å². The van der Waals surface area contributed by atoms with E-state index >= 15 is 0 Å². The van der Waals surface area contributed by atoms with E-state index < -0.39 is 0 Å². The first kappa shape index (κ1) is 5.65. The van der Waals surface area contributed by atoms with E-state index in [1.54, 1.807) is 0 Å². The Balaban J connectivity index is 2.22. The Kier molecular flexibility index (Phi) is 0.928. The van der Waals surface area contributed by atoms with Crippen molar-refractivity contribution in [3.8, 4) is 0 Å². The summed E-state index contributed by atoms with van der Waals surface area (Å²) in [6.07, 6.45) is 0.694. The molecule has 3 unspecified atom stereocenters. The molecule has 2 aliphatic rings. The van der Waals surface area contributed by atoms with Gasteiger partial charge >= 0.3 is 0 Å². The lowest BCUT2D eigenvalue weighted by molar-refractivity contribution is 0.100. The lowest BCUT2D eigenvalue weighted by Gasteiger charge is -2.25. The Hall–Kier alpha value is -0.120. The Morgan fingerprint density at radius 2 is 2.44 bits per heavy atom. The van der Waals surface area contributed by atoms with Crippen molar-refractivity contribution >= 4 is 0 Å². The van der Waals surface area contributed by atoms with Crippen LogP contribution in [0.1, 0.15) is 6.42 Å². The summed E-state index contributed by atoms with van der Waals surface area (Å²) in [5.74, 6) is 0. The summed E-state index contributed by atoms with van der Waals surface area (Å²) in [7, 11) is 0. The zero-order chi connectivity index (χ0) is 6.48. The third-order valence-electron chi connectivity index (χ3n) is 2.51. The standard InChI is InChI=1S/C6H12N2O/c7-6-1-2-8(4-6)3-5(6)9/h5,9H,1-4,7H2. The molecule has 3 heteroatoms. The molecule has 0 amide bonds. The molecule has 0 aliphatic carbocycles. The van der Waals surface area contributed by atoms with E-state index in [4.69, 9.17) is 5.73 Å². The molecule has 0 saturated carbocycles. The fourth-order valence-electron chi connectivity index (χ4n) is 1.79. The van der Waals surface area contributed by atoms with E-state index in [2.05, 4.69) is 4.90 Å². The Labute approximate surface area is 54.4 Å². The zero-order valence-electron chi connectivity index (χ0n) is 5.38. The lowest BCUT2D eigenvalue weighted by atomic mass is 9.94. The average molecular weight is 128 g/mol. The number of piperidine rings is 1. The number of nitrogens with zero attached hydrogens (tertiary/aromatic N) is 1. The predicted octanol–water partition coefficient (Wildman–Crippen LogP) is -1.24. The van der Waals surface area contributed by atoms with Gasteiger partial charge in [-0.3, -0.25) is 4.90 Å². The summed E-state index contributed by atoms with van der Waals surface area (Å²) >= 11 is 0. The molecule has 2 aliphatic heterocycles. The normalized spacial score (nSPS) is 56.7. The molecule has 2 saturated heterocycles. The van der Waals surface area contributed by atoms with Crippen LogP contribution in [-0.4, -0.2) is 41.3 Å². The molecule has 52 valence electrons. The second-order valence-corrected chi connectivity index (χ2v) is 3.23. The molecule has 3 N–H and O–H groups in total. The molecule has 0 aromatic heterocycles. The van der Waals surface area contributed by atoms with Crippen molar-refractivity contribution in [2.75, 3.05) is 19.6 Å². The van der Waals surface area contributed by atoms with Gasteiger partial charge in [-0.25, -0.2) is 0 Å². The summed E-state index contributed by atoms with van der Waals surface area (Å²) in [4.78, 5) is 2.21. The van der Waals surface area contributed by atoms with Gasteiger partial charge in [0.25, 0.3) is 0 Å². The minimum atomic E-state index is -0.272. The summed E-state index contributed by atoms with van der Waals surface area (Å²) in [6, 6.07) is 0. The van der Waals surface area contributed by atoms with Crippen LogP contribution in [0.2, 0.25) is 0 Å². The number of rotatable bonds is 0. The first-order chi connectivity index (χ1) is 4.21. The van der Waals surface area contributed by atoms with E-state index in [0.717, 1.165) is 26.1 Å². The minimum Gasteiger partial charge on any atom is -0.390 e. The molecule has 2 fully saturated rings. The van der Waals surface area contributed by atoms with E-state index in [-0.39, 0.29) is 11.6 Å². The van der Waals surface area contributed by atoms with Gasteiger partial charge in [-0.2, -0.15) is 0 Å². The quantitative estimate of drug-likeness (QED) is 0.429. The highest BCUT2D eigenvalue weighted by Gasteiger charge is 2.47. The summed E-state index contributed by atoms with van der Waals surface area (Å²) in [5, 5.41) is 9.31. The van der Waals surface area contributed by atoms with Gasteiger partial charge in [0.15, 0.2) is 0 Å². The topological polar surface area (TPSA) is 49.5 Å². The zero-order valence-corrected chi connectivity index (χ0v) is 5.38. The Morgan fingerprint density at radius 1 is 1.67 bits per heavy atom. The second kappa shape index (κ2) is 1.48. The number of nitrogens with two attached hydrogens (primary N) is 1. The van der Waals surface area contributed by atoms with Gasteiger partial charge in [-0.15, -0.1) is 0 Å². The maximum atomic E-state index is 9.31. The molecule has 0 radical (unpaired) electrons. The Bertz CT molecular complexity index is 139. The molecule has 2 rings (SSSR count). The van der Waals surface area contributed by atoms with Gasteiger partial charge in [-0.05, 0) is 6.42 Å². The van der Waals surface area contributed by atoms with Crippen molar-refractivity contribution in [3.05, 3.63) is 0 Å².